The molecule has 1 fully saturated rings. The Morgan fingerprint density at radius 3 is 2.79 bits per heavy atom. The maximum Gasteiger partial charge on any atom is 0.336 e. The van der Waals surface area contributed by atoms with E-state index >= 15 is 0 Å². The van der Waals surface area contributed by atoms with Crippen LogP contribution in [0.5, 0.6) is 0 Å². The molecule has 1 aromatic rings. The highest BCUT2D eigenvalue weighted by molar-refractivity contribution is 6.43. The number of amides is 1. The minimum Gasteiger partial charge on any atom is -0.478 e. The molecule has 0 bridgehead atoms. The quantitative estimate of drug-likeness (QED) is 0.691. The first-order valence-corrected chi connectivity index (χ1v) is 10.1. The summed E-state index contributed by atoms with van der Waals surface area (Å²) in [5.41, 5.74) is 3.27. The number of anilines is 1. The fourth-order valence-corrected chi connectivity index (χ4v) is 4.06. The fraction of sp³-hybridized carbons (Fsp3) is 0.476. The third kappa shape index (κ3) is 4.62. The summed E-state index contributed by atoms with van der Waals surface area (Å²) in [6, 6.07) is 5.27. The van der Waals surface area contributed by atoms with Gasteiger partial charge in [0.05, 0.1) is 17.7 Å². The number of aromatic carboxylic acids is 1. The molecule has 8 heteroatoms. The number of piperidine rings is 1. The van der Waals surface area contributed by atoms with Gasteiger partial charge in [0.25, 0.3) is 5.91 Å². The van der Waals surface area contributed by atoms with E-state index in [1.165, 1.54) is 0 Å². The third-order valence-electron chi connectivity index (χ3n) is 5.59. The molecule has 0 saturated carbocycles. The van der Waals surface area contributed by atoms with Crippen molar-refractivity contribution in [2.24, 2.45) is 4.99 Å². The smallest absolute Gasteiger partial charge is 0.336 e. The number of carbonyl (C=O) groups excluding carboxylic acids is 1. The van der Waals surface area contributed by atoms with Crippen LogP contribution in [0.1, 0.15) is 42.1 Å². The van der Waals surface area contributed by atoms with Gasteiger partial charge in [0, 0.05) is 32.3 Å². The molecule has 29 heavy (non-hydrogen) atoms. The maximum absolute atomic E-state index is 12.6. The molecule has 2 aliphatic rings. The molecule has 1 amide bonds. The lowest BCUT2D eigenvalue weighted by Gasteiger charge is -2.39. The standard InChI is InChI=1S/C21H26ClN3O4/c1-4-13-9-17(23-19(13)22)20(26)24-16-7-8-25(11-18(16)29-3)14-6-5-12(2)15(10-14)21(27)28/h5-6,10,16,18H,4,7-9,11H2,1-3H3,(H,24,26)(H,27,28)/t16-,18+/m1/s1. The Kier molecular flexibility index (Phi) is 6.59. The highest BCUT2D eigenvalue weighted by atomic mass is 35.5. The Hall–Kier alpha value is -2.38. The number of halogens is 1. The van der Waals surface area contributed by atoms with Crippen LogP contribution in [0.2, 0.25) is 0 Å². The van der Waals surface area contributed by atoms with Crippen LogP contribution < -0.4 is 10.2 Å². The molecule has 0 aliphatic carbocycles. The molecule has 2 aliphatic heterocycles. The second-order valence-corrected chi connectivity index (χ2v) is 7.73. The van der Waals surface area contributed by atoms with Gasteiger partial charge in [-0.15, -0.1) is 0 Å². The zero-order chi connectivity index (χ0) is 21.1. The highest BCUT2D eigenvalue weighted by Crippen LogP contribution is 2.27. The molecule has 2 N–H and O–H groups in total. The monoisotopic (exact) mass is 419 g/mol. The number of benzene rings is 1. The van der Waals surface area contributed by atoms with Gasteiger partial charge in [-0.3, -0.25) is 4.79 Å². The first kappa shape index (κ1) is 21.3. The van der Waals surface area contributed by atoms with E-state index in [1.807, 2.05) is 19.1 Å². The van der Waals surface area contributed by atoms with Crippen molar-refractivity contribution in [1.29, 1.82) is 0 Å². The van der Waals surface area contributed by atoms with Crippen molar-refractivity contribution in [1.82, 2.24) is 5.32 Å². The van der Waals surface area contributed by atoms with Crippen LogP contribution >= 0.6 is 11.6 Å². The number of aryl methyl sites for hydroxylation is 1. The van der Waals surface area contributed by atoms with Crippen LogP contribution in [0.25, 0.3) is 0 Å². The number of ether oxygens (including phenoxy) is 1. The number of carboxylic acids is 1. The van der Waals surface area contributed by atoms with Gasteiger partial charge in [-0.1, -0.05) is 24.6 Å². The second-order valence-electron chi connectivity index (χ2n) is 7.38. The van der Waals surface area contributed by atoms with Crippen molar-refractivity contribution in [3.05, 3.63) is 40.1 Å². The minimum atomic E-state index is -0.939. The maximum atomic E-state index is 12.6. The van der Waals surface area contributed by atoms with Crippen LogP contribution in [0.3, 0.4) is 0 Å². The summed E-state index contributed by atoms with van der Waals surface area (Å²) in [4.78, 5) is 30.3. The van der Waals surface area contributed by atoms with Crippen molar-refractivity contribution in [3.63, 3.8) is 0 Å². The Bertz CT molecular complexity index is 881. The summed E-state index contributed by atoms with van der Waals surface area (Å²) in [5, 5.41) is 12.8. The van der Waals surface area contributed by atoms with Crippen LogP contribution in [-0.4, -0.2) is 55.0 Å². The van der Waals surface area contributed by atoms with E-state index in [2.05, 4.69) is 15.2 Å². The number of methoxy groups -OCH3 is 1. The average Bonchev–Trinajstić information content (AvgIpc) is 3.09. The molecular weight excluding hydrogens is 394 g/mol. The number of nitrogens with one attached hydrogen (secondary N) is 1. The van der Waals surface area contributed by atoms with Crippen molar-refractivity contribution in [2.45, 2.75) is 45.3 Å². The van der Waals surface area contributed by atoms with Gasteiger partial charge in [0.15, 0.2) is 0 Å². The zero-order valence-corrected chi connectivity index (χ0v) is 17.6. The van der Waals surface area contributed by atoms with Crippen molar-refractivity contribution in [3.8, 4) is 0 Å². The lowest BCUT2D eigenvalue weighted by molar-refractivity contribution is -0.116. The molecule has 2 heterocycles. The van der Waals surface area contributed by atoms with Crippen LogP contribution in [0, 0.1) is 6.92 Å². The van der Waals surface area contributed by atoms with E-state index in [0.717, 1.165) is 23.2 Å². The molecule has 3 rings (SSSR count). The Balaban J connectivity index is 1.66. The molecule has 156 valence electrons. The number of hydrogen-bond acceptors (Lipinski definition) is 5. The molecule has 7 nitrogen and oxygen atoms in total. The molecule has 0 radical (unpaired) electrons. The number of nitrogens with zero attached hydrogens (tertiary/aromatic N) is 2. The Morgan fingerprint density at radius 2 is 2.17 bits per heavy atom. The number of carbonyl (C=O) groups is 2. The zero-order valence-electron chi connectivity index (χ0n) is 16.9. The van der Waals surface area contributed by atoms with Crippen LogP contribution in [-0.2, 0) is 9.53 Å². The van der Waals surface area contributed by atoms with Gasteiger partial charge in [-0.05, 0) is 43.0 Å². The van der Waals surface area contributed by atoms with E-state index in [-0.39, 0.29) is 18.1 Å². The number of carboxylic acid groups (broad SMARTS) is 1. The highest BCUT2D eigenvalue weighted by Gasteiger charge is 2.32. The molecule has 1 saturated heterocycles. The summed E-state index contributed by atoms with van der Waals surface area (Å²) in [5.74, 6) is -1.15. The summed E-state index contributed by atoms with van der Waals surface area (Å²) < 4.78 is 5.63. The largest absolute Gasteiger partial charge is 0.478 e. The SMILES string of the molecule is CCC1=C(Cl)N=C(C(=O)N[C@@H]2CCN(c3ccc(C)c(C(=O)O)c3)C[C@@H]2OC)C1. The summed E-state index contributed by atoms with van der Waals surface area (Å²) >= 11 is 6.09. The fourth-order valence-electron chi connectivity index (χ4n) is 3.76. The molecule has 0 spiro atoms. The molecule has 2 atom stereocenters. The van der Waals surface area contributed by atoms with E-state index in [0.29, 0.717) is 42.4 Å². The predicted molar refractivity (Wildman–Crippen MR) is 113 cm³/mol. The summed E-state index contributed by atoms with van der Waals surface area (Å²) in [7, 11) is 1.62. The first-order valence-electron chi connectivity index (χ1n) is 9.71. The van der Waals surface area contributed by atoms with Gasteiger partial charge in [-0.2, -0.15) is 0 Å². The van der Waals surface area contributed by atoms with Crippen LogP contribution in [0.4, 0.5) is 5.69 Å². The van der Waals surface area contributed by atoms with Crippen molar-refractivity contribution < 1.29 is 19.4 Å². The van der Waals surface area contributed by atoms with Gasteiger partial charge in [0.2, 0.25) is 0 Å². The number of allylic oxidation sites excluding steroid dienone is 1. The minimum absolute atomic E-state index is 0.153. The van der Waals surface area contributed by atoms with E-state index in [9.17, 15) is 14.7 Å². The normalized spacial score (nSPS) is 21.9. The predicted octanol–water partition coefficient (Wildman–Crippen LogP) is 3.11. The molecule has 0 aromatic heterocycles. The Morgan fingerprint density at radius 1 is 1.41 bits per heavy atom. The van der Waals surface area contributed by atoms with Crippen molar-refractivity contribution in [2.75, 3.05) is 25.1 Å². The lowest BCUT2D eigenvalue weighted by atomic mass is 9.99. The number of aliphatic imine (C=N–C) groups is 1. The van der Waals surface area contributed by atoms with E-state index < -0.39 is 5.97 Å². The second kappa shape index (κ2) is 8.97. The summed E-state index contributed by atoms with van der Waals surface area (Å²) in [6.45, 7) is 5.00. The number of rotatable bonds is 6. The molecular formula is C21H26ClN3O4. The van der Waals surface area contributed by atoms with Gasteiger partial charge < -0.3 is 20.1 Å². The third-order valence-corrected chi connectivity index (χ3v) is 5.94. The number of hydrogen-bond donors (Lipinski definition) is 2. The summed E-state index contributed by atoms with van der Waals surface area (Å²) in [6.07, 6.45) is 1.71. The molecule has 1 aromatic carbocycles. The van der Waals surface area contributed by atoms with Crippen LogP contribution in [0.15, 0.2) is 33.9 Å². The van der Waals surface area contributed by atoms with E-state index in [1.54, 1.807) is 20.1 Å². The van der Waals surface area contributed by atoms with Gasteiger partial charge in [-0.25, -0.2) is 9.79 Å². The van der Waals surface area contributed by atoms with Gasteiger partial charge >= 0.3 is 5.97 Å². The topological polar surface area (TPSA) is 91.2 Å². The van der Waals surface area contributed by atoms with Crippen molar-refractivity contribution >= 4 is 34.9 Å². The van der Waals surface area contributed by atoms with Gasteiger partial charge in [0.1, 0.15) is 10.9 Å². The molecule has 0 unspecified atom stereocenters. The van der Waals surface area contributed by atoms with E-state index in [4.69, 9.17) is 16.3 Å². The Labute approximate surface area is 175 Å². The lowest BCUT2D eigenvalue weighted by Crippen LogP contribution is -2.56. The first-order chi connectivity index (χ1) is 13.8. The average molecular weight is 420 g/mol.